The third kappa shape index (κ3) is 3.36. The molecule has 0 radical (unpaired) electrons. The maximum absolute atomic E-state index is 13.1. The molecule has 3 N–H and O–H groups in total. The van der Waals surface area contributed by atoms with Crippen molar-refractivity contribution in [2.45, 2.75) is 39.5 Å². The van der Waals surface area contributed by atoms with Gasteiger partial charge in [0.15, 0.2) is 11.6 Å². The fraction of sp³-hybridized carbons (Fsp3) is 0.231. The SMILES string of the molecule is CC(C)c1cccc(C(C)C)c1Nc1ccc2c(c1)C(=O)c1c(O)ccc(O)c1C2=O. The van der Waals surface area contributed by atoms with Crippen LogP contribution in [0.1, 0.15) is 82.5 Å². The second kappa shape index (κ2) is 7.58. The molecule has 0 spiro atoms. The molecule has 1 aliphatic rings. The van der Waals surface area contributed by atoms with Crippen LogP contribution in [0.15, 0.2) is 48.5 Å². The number of anilines is 2. The molecule has 0 amide bonds. The first-order valence-electron chi connectivity index (χ1n) is 10.4. The number of fused-ring (bicyclic) bond motifs is 2. The fourth-order valence-corrected chi connectivity index (χ4v) is 4.16. The molecular formula is C26H25NO4. The standard InChI is InChI=1S/C26H25NO4/c1-13(2)16-6-5-7-17(14(3)4)24(16)27-15-8-9-18-19(12-15)26(31)23-21(29)11-10-20(28)22(23)25(18)30/h5-14,27-29H,1-4H3. The van der Waals surface area contributed by atoms with Gasteiger partial charge in [-0.3, -0.25) is 9.59 Å². The monoisotopic (exact) mass is 415 g/mol. The van der Waals surface area contributed by atoms with E-state index in [9.17, 15) is 19.8 Å². The number of para-hydroxylation sites is 1. The largest absolute Gasteiger partial charge is 0.507 e. The number of nitrogens with one attached hydrogen (secondary N) is 1. The maximum atomic E-state index is 13.1. The Balaban J connectivity index is 1.82. The molecule has 1 aliphatic carbocycles. The van der Waals surface area contributed by atoms with Crippen molar-refractivity contribution in [1.82, 2.24) is 0 Å². The van der Waals surface area contributed by atoms with Gasteiger partial charge in [0.1, 0.15) is 11.5 Å². The molecule has 3 aromatic carbocycles. The van der Waals surface area contributed by atoms with E-state index < -0.39 is 11.6 Å². The molecule has 0 bridgehead atoms. The lowest BCUT2D eigenvalue weighted by Crippen LogP contribution is -2.21. The molecule has 0 unspecified atom stereocenters. The number of phenols is 2. The average Bonchev–Trinajstić information content (AvgIpc) is 2.73. The van der Waals surface area contributed by atoms with Gasteiger partial charge < -0.3 is 15.5 Å². The van der Waals surface area contributed by atoms with E-state index >= 15 is 0 Å². The lowest BCUT2D eigenvalue weighted by molar-refractivity contribution is 0.0974. The molecule has 158 valence electrons. The number of benzene rings is 3. The van der Waals surface area contributed by atoms with Crippen molar-refractivity contribution in [1.29, 1.82) is 0 Å². The van der Waals surface area contributed by atoms with E-state index in [4.69, 9.17) is 0 Å². The van der Waals surface area contributed by atoms with Gasteiger partial charge in [-0.15, -0.1) is 0 Å². The van der Waals surface area contributed by atoms with E-state index in [2.05, 4.69) is 51.2 Å². The van der Waals surface area contributed by atoms with Crippen LogP contribution in [0, 0.1) is 0 Å². The van der Waals surface area contributed by atoms with Crippen molar-refractivity contribution in [2.75, 3.05) is 5.32 Å². The predicted octanol–water partition coefficient (Wildman–Crippen LogP) is 5.86. The summed E-state index contributed by atoms with van der Waals surface area (Å²) in [5.74, 6) is -0.991. The molecule has 5 heteroatoms. The van der Waals surface area contributed by atoms with Crippen LogP contribution in [0.25, 0.3) is 0 Å². The number of phenolic OH excluding ortho intramolecular Hbond substituents is 2. The van der Waals surface area contributed by atoms with Gasteiger partial charge in [0.2, 0.25) is 0 Å². The topological polar surface area (TPSA) is 86.6 Å². The van der Waals surface area contributed by atoms with Gasteiger partial charge in [0.05, 0.1) is 11.1 Å². The normalized spacial score (nSPS) is 12.8. The van der Waals surface area contributed by atoms with E-state index in [0.717, 1.165) is 5.69 Å². The highest BCUT2D eigenvalue weighted by Gasteiger charge is 2.34. The van der Waals surface area contributed by atoms with E-state index in [-0.39, 0.29) is 33.8 Å². The van der Waals surface area contributed by atoms with Gasteiger partial charge in [-0.25, -0.2) is 0 Å². The Morgan fingerprint density at radius 3 is 1.74 bits per heavy atom. The number of hydrogen-bond donors (Lipinski definition) is 3. The summed E-state index contributed by atoms with van der Waals surface area (Å²) in [5, 5.41) is 23.8. The first-order valence-corrected chi connectivity index (χ1v) is 10.4. The minimum absolute atomic E-state index is 0.148. The summed E-state index contributed by atoms with van der Waals surface area (Å²) in [6.45, 7) is 8.52. The van der Waals surface area contributed by atoms with Crippen LogP contribution in [0.4, 0.5) is 11.4 Å². The van der Waals surface area contributed by atoms with Crippen molar-refractivity contribution in [3.8, 4) is 11.5 Å². The van der Waals surface area contributed by atoms with Gasteiger partial charge in [-0.2, -0.15) is 0 Å². The Morgan fingerprint density at radius 1 is 0.710 bits per heavy atom. The van der Waals surface area contributed by atoms with E-state index in [1.165, 1.54) is 23.3 Å². The minimum atomic E-state index is -0.483. The second-order valence-electron chi connectivity index (χ2n) is 8.52. The van der Waals surface area contributed by atoms with Gasteiger partial charge >= 0.3 is 0 Å². The van der Waals surface area contributed by atoms with Crippen LogP contribution in [-0.4, -0.2) is 21.8 Å². The van der Waals surface area contributed by atoms with Crippen LogP contribution in [0.3, 0.4) is 0 Å². The lowest BCUT2D eigenvalue weighted by atomic mass is 9.83. The Bertz CT molecular complexity index is 1200. The quantitative estimate of drug-likeness (QED) is 0.363. The molecule has 3 aromatic rings. The predicted molar refractivity (Wildman–Crippen MR) is 121 cm³/mol. The van der Waals surface area contributed by atoms with Gasteiger partial charge in [0, 0.05) is 22.5 Å². The molecule has 5 nitrogen and oxygen atoms in total. The fourth-order valence-electron chi connectivity index (χ4n) is 4.16. The van der Waals surface area contributed by atoms with Gasteiger partial charge in [0.25, 0.3) is 0 Å². The molecule has 0 aromatic heterocycles. The molecule has 0 atom stereocenters. The number of carbonyl (C=O) groups excluding carboxylic acids is 2. The molecule has 0 fully saturated rings. The van der Waals surface area contributed by atoms with Crippen molar-refractivity contribution < 1.29 is 19.8 Å². The van der Waals surface area contributed by atoms with Crippen molar-refractivity contribution in [3.05, 3.63) is 81.9 Å². The van der Waals surface area contributed by atoms with Crippen molar-refractivity contribution in [2.24, 2.45) is 0 Å². The number of rotatable bonds is 4. The summed E-state index contributed by atoms with van der Waals surface area (Å²) < 4.78 is 0. The van der Waals surface area contributed by atoms with Gasteiger partial charge in [-0.1, -0.05) is 45.9 Å². The summed E-state index contributed by atoms with van der Waals surface area (Å²) in [7, 11) is 0. The highest BCUT2D eigenvalue weighted by Crippen LogP contribution is 2.39. The molecule has 0 aliphatic heterocycles. The second-order valence-corrected chi connectivity index (χ2v) is 8.52. The number of hydrogen-bond acceptors (Lipinski definition) is 5. The maximum Gasteiger partial charge on any atom is 0.198 e. The summed E-state index contributed by atoms with van der Waals surface area (Å²) in [4.78, 5) is 26.1. The van der Waals surface area contributed by atoms with E-state index in [0.29, 0.717) is 17.5 Å². The smallest absolute Gasteiger partial charge is 0.198 e. The third-order valence-corrected chi connectivity index (χ3v) is 5.77. The third-order valence-electron chi connectivity index (χ3n) is 5.77. The lowest BCUT2D eigenvalue weighted by Gasteiger charge is -2.23. The van der Waals surface area contributed by atoms with Crippen LogP contribution >= 0.6 is 0 Å². The molecule has 0 heterocycles. The molecule has 0 saturated carbocycles. The first kappa shape index (κ1) is 20.7. The zero-order valence-electron chi connectivity index (χ0n) is 18.0. The molecule has 31 heavy (non-hydrogen) atoms. The zero-order valence-corrected chi connectivity index (χ0v) is 18.0. The summed E-state index contributed by atoms with van der Waals surface area (Å²) in [6, 6.07) is 13.7. The van der Waals surface area contributed by atoms with E-state index in [1.54, 1.807) is 18.2 Å². The molecular weight excluding hydrogens is 390 g/mol. The Kier molecular flexibility index (Phi) is 5.05. The Hall–Kier alpha value is -3.60. The molecule has 0 saturated heterocycles. The highest BCUT2D eigenvalue weighted by molar-refractivity contribution is 6.30. The van der Waals surface area contributed by atoms with Crippen molar-refractivity contribution >= 4 is 22.9 Å². The number of aromatic hydroxyl groups is 2. The van der Waals surface area contributed by atoms with Crippen LogP contribution < -0.4 is 5.32 Å². The van der Waals surface area contributed by atoms with Gasteiger partial charge in [-0.05, 0) is 53.3 Å². The number of ketones is 2. The van der Waals surface area contributed by atoms with E-state index in [1.807, 2.05) is 0 Å². The average molecular weight is 415 g/mol. The highest BCUT2D eigenvalue weighted by atomic mass is 16.3. The van der Waals surface area contributed by atoms with Crippen LogP contribution in [0.2, 0.25) is 0 Å². The zero-order chi connectivity index (χ0) is 22.4. The summed E-state index contributed by atoms with van der Waals surface area (Å²) in [5.41, 5.74) is 4.13. The Labute approximate surface area is 181 Å². The molecule has 4 rings (SSSR count). The minimum Gasteiger partial charge on any atom is -0.507 e. The number of carbonyl (C=O) groups is 2. The van der Waals surface area contributed by atoms with Crippen LogP contribution in [-0.2, 0) is 0 Å². The van der Waals surface area contributed by atoms with Crippen molar-refractivity contribution in [3.63, 3.8) is 0 Å². The van der Waals surface area contributed by atoms with Crippen LogP contribution in [0.5, 0.6) is 11.5 Å². The Morgan fingerprint density at radius 2 is 1.23 bits per heavy atom. The summed E-state index contributed by atoms with van der Waals surface area (Å²) >= 11 is 0. The first-order chi connectivity index (χ1) is 14.7. The summed E-state index contributed by atoms with van der Waals surface area (Å²) in [6.07, 6.45) is 0.